The maximum absolute atomic E-state index is 12.9. The summed E-state index contributed by atoms with van der Waals surface area (Å²) in [5.74, 6) is -0.208. The second kappa shape index (κ2) is 6.78. The van der Waals surface area contributed by atoms with Crippen molar-refractivity contribution in [2.75, 3.05) is 6.54 Å². The molecule has 0 aliphatic rings. The molecule has 1 N–H and O–H groups in total. The number of aromatic nitrogens is 1. The van der Waals surface area contributed by atoms with Crippen LogP contribution in [0.2, 0.25) is 0 Å². The van der Waals surface area contributed by atoms with Crippen LogP contribution in [0.4, 0.5) is 4.39 Å². The number of thiazole rings is 1. The lowest BCUT2D eigenvalue weighted by atomic mass is 10.2. The van der Waals surface area contributed by atoms with Crippen molar-refractivity contribution in [3.8, 4) is 10.6 Å². The smallest absolute Gasteiger partial charge is 0.123 e. The third-order valence-corrected chi connectivity index (χ3v) is 4.06. The summed E-state index contributed by atoms with van der Waals surface area (Å²) in [6.45, 7) is 6.17. The van der Waals surface area contributed by atoms with Crippen LogP contribution >= 0.6 is 11.3 Å². The van der Waals surface area contributed by atoms with E-state index >= 15 is 0 Å². The fourth-order valence-electron chi connectivity index (χ4n) is 1.89. The van der Waals surface area contributed by atoms with Gasteiger partial charge in [0.1, 0.15) is 10.8 Å². The van der Waals surface area contributed by atoms with E-state index in [9.17, 15) is 4.39 Å². The summed E-state index contributed by atoms with van der Waals surface area (Å²) in [6.07, 6.45) is 2.06. The summed E-state index contributed by atoms with van der Waals surface area (Å²) < 4.78 is 12.9. The van der Waals surface area contributed by atoms with E-state index in [2.05, 4.69) is 24.1 Å². The van der Waals surface area contributed by atoms with Crippen LogP contribution in [-0.4, -0.2) is 11.5 Å². The van der Waals surface area contributed by atoms with E-state index in [0.29, 0.717) is 0 Å². The predicted molar refractivity (Wildman–Crippen MR) is 78.9 cm³/mol. The highest BCUT2D eigenvalue weighted by molar-refractivity contribution is 7.15. The molecule has 0 radical (unpaired) electrons. The molecule has 102 valence electrons. The highest BCUT2D eigenvalue weighted by Crippen LogP contribution is 2.28. The highest BCUT2D eigenvalue weighted by Gasteiger charge is 2.10. The van der Waals surface area contributed by atoms with Crippen molar-refractivity contribution in [3.05, 3.63) is 40.7 Å². The van der Waals surface area contributed by atoms with E-state index < -0.39 is 0 Å². The van der Waals surface area contributed by atoms with Crippen LogP contribution in [0.15, 0.2) is 24.3 Å². The quantitative estimate of drug-likeness (QED) is 0.808. The molecule has 0 fully saturated rings. The Hall–Kier alpha value is -1.26. The van der Waals surface area contributed by atoms with Crippen molar-refractivity contribution in [1.82, 2.24) is 10.3 Å². The van der Waals surface area contributed by atoms with Crippen LogP contribution in [0.25, 0.3) is 10.6 Å². The molecule has 19 heavy (non-hydrogen) atoms. The predicted octanol–water partition coefficient (Wildman–Crippen LogP) is 4.01. The standard InChI is InChI=1S/C15H19FN2S/c1-3-9-17-10-14-13(4-2)18-15(19-14)11-5-7-12(16)8-6-11/h5-8,17H,3-4,9-10H2,1-2H3. The Balaban J connectivity index is 2.20. The molecule has 2 nitrogen and oxygen atoms in total. The first kappa shape index (κ1) is 14.2. The second-order valence-corrected chi connectivity index (χ2v) is 5.51. The first-order chi connectivity index (χ1) is 9.24. The van der Waals surface area contributed by atoms with Gasteiger partial charge in [-0.05, 0) is 43.7 Å². The molecule has 2 aromatic rings. The maximum atomic E-state index is 12.9. The van der Waals surface area contributed by atoms with E-state index in [4.69, 9.17) is 0 Å². The van der Waals surface area contributed by atoms with Gasteiger partial charge in [-0.3, -0.25) is 0 Å². The number of benzene rings is 1. The zero-order valence-corrected chi connectivity index (χ0v) is 12.2. The molecule has 2 rings (SSSR count). The molecule has 0 aliphatic heterocycles. The lowest BCUT2D eigenvalue weighted by Crippen LogP contribution is -2.13. The second-order valence-electron chi connectivity index (χ2n) is 4.43. The van der Waals surface area contributed by atoms with Crippen molar-refractivity contribution in [2.45, 2.75) is 33.2 Å². The minimum absolute atomic E-state index is 0.208. The van der Waals surface area contributed by atoms with Crippen LogP contribution < -0.4 is 5.32 Å². The van der Waals surface area contributed by atoms with Gasteiger partial charge in [-0.15, -0.1) is 11.3 Å². The van der Waals surface area contributed by atoms with E-state index in [-0.39, 0.29) is 5.82 Å². The molecule has 1 aromatic heterocycles. The average molecular weight is 278 g/mol. The third kappa shape index (κ3) is 3.61. The summed E-state index contributed by atoms with van der Waals surface area (Å²) in [4.78, 5) is 5.95. The Morgan fingerprint density at radius 2 is 1.95 bits per heavy atom. The van der Waals surface area contributed by atoms with Crippen LogP contribution in [-0.2, 0) is 13.0 Å². The molecule has 0 amide bonds. The Labute approximate surface area is 117 Å². The number of hydrogen-bond acceptors (Lipinski definition) is 3. The first-order valence-electron chi connectivity index (χ1n) is 6.69. The highest BCUT2D eigenvalue weighted by atomic mass is 32.1. The van der Waals surface area contributed by atoms with Crippen LogP contribution in [0, 0.1) is 5.82 Å². The van der Waals surface area contributed by atoms with Gasteiger partial charge >= 0.3 is 0 Å². The molecule has 4 heteroatoms. The summed E-state index contributed by atoms with van der Waals surface area (Å²) >= 11 is 1.70. The number of rotatable bonds is 6. The minimum atomic E-state index is -0.208. The van der Waals surface area contributed by atoms with Gasteiger partial charge < -0.3 is 5.32 Å². The topological polar surface area (TPSA) is 24.9 Å². The number of hydrogen-bond donors (Lipinski definition) is 1. The SMILES string of the molecule is CCCNCc1sc(-c2ccc(F)cc2)nc1CC. The summed E-state index contributed by atoms with van der Waals surface area (Å²) in [5, 5.41) is 4.39. The molecule has 0 aliphatic carbocycles. The molecule has 0 atom stereocenters. The normalized spacial score (nSPS) is 10.9. The molecule has 0 saturated carbocycles. The van der Waals surface area contributed by atoms with Crippen molar-refractivity contribution < 1.29 is 4.39 Å². The van der Waals surface area contributed by atoms with Gasteiger partial charge in [0.15, 0.2) is 0 Å². The van der Waals surface area contributed by atoms with Crippen LogP contribution in [0.5, 0.6) is 0 Å². The fraction of sp³-hybridized carbons (Fsp3) is 0.400. The molecule has 0 unspecified atom stereocenters. The Morgan fingerprint density at radius 1 is 1.21 bits per heavy atom. The van der Waals surface area contributed by atoms with E-state index in [0.717, 1.165) is 42.2 Å². The summed E-state index contributed by atoms with van der Waals surface area (Å²) in [5.41, 5.74) is 2.13. The number of nitrogens with one attached hydrogen (secondary N) is 1. The van der Waals surface area contributed by atoms with Gasteiger partial charge in [-0.2, -0.15) is 0 Å². The summed E-state index contributed by atoms with van der Waals surface area (Å²) in [6, 6.07) is 6.54. The molecule has 0 spiro atoms. The van der Waals surface area contributed by atoms with Crippen LogP contribution in [0.1, 0.15) is 30.8 Å². The van der Waals surface area contributed by atoms with Gasteiger partial charge in [0, 0.05) is 17.0 Å². The first-order valence-corrected chi connectivity index (χ1v) is 7.51. The van der Waals surface area contributed by atoms with Crippen molar-refractivity contribution in [2.24, 2.45) is 0 Å². The lowest BCUT2D eigenvalue weighted by Gasteiger charge is -2.01. The molecule has 1 heterocycles. The zero-order chi connectivity index (χ0) is 13.7. The number of aryl methyl sites for hydroxylation is 1. The molecular weight excluding hydrogens is 259 g/mol. The van der Waals surface area contributed by atoms with Gasteiger partial charge in [0.2, 0.25) is 0 Å². The third-order valence-electron chi connectivity index (χ3n) is 2.92. The molecular formula is C15H19FN2S. The molecule has 1 aromatic carbocycles. The van der Waals surface area contributed by atoms with E-state index in [1.54, 1.807) is 23.5 Å². The Kier molecular flexibility index (Phi) is 5.05. The van der Waals surface area contributed by atoms with E-state index in [1.807, 2.05) is 0 Å². The average Bonchev–Trinajstić information content (AvgIpc) is 2.83. The van der Waals surface area contributed by atoms with Crippen molar-refractivity contribution in [1.29, 1.82) is 0 Å². The van der Waals surface area contributed by atoms with Crippen LogP contribution in [0.3, 0.4) is 0 Å². The number of nitrogens with zero attached hydrogens (tertiary/aromatic N) is 1. The van der Waals surface area contributed by atoms with Gasteiger partial charge in [-0.25, -0.2) is 9.37 Å². The minimum Gasteiger partial charge on any atom is -0.312 e. The lowest BCUT2D eigenvalue weighted by molar-refractivity contribution is 0.628. The number of halogens is 1. The fourth-order valence-corrected chi connectivity index (χ4v) is 3.02. The zero-order valence-electron chi connectivity index (χ0n) is 11.4. The van der Waals surface area contributed by atoms with Crippen molar-refractivity contribution >= 4 is 11.3 Å². The van der Waals surface area contributed by atoms with E-state index in [1.165, 1.54) is 17.0 Å². The summed E-state index contributed by atoms with van der Waals surface area (Å²) in [7, 11) is 0. The van der Waals surface area contributed by atoms with Gasteiger partial charge in [0.05, 0.1) is 5.69 Å². The maximum Gasteiger partial charge on any atom is 0.123 e. The largest absolute Gasteiger partial charge is 0.312 e. The Bertz CT molecular complexity index is 519. The van der Waals surface area contributed by atoms with Gasteiger partial charge in [-0.1, -0.05) is 13.8 Å². The molecule has 0 saturated heterocycles. The van der Waals surface area contributed by atoms with Crippen molar-refractivity contribution in [3.63, 3.8) is 0 Å². The Morgan fingerprint density at radius 3 is 2.58 bits per heavy atom. The molecule has 0 bridgehead atoms. The monoisotopic (exact) mass is 278 g/mol. The van der Waals surface area contributed by atoms with Gasteiger partial charge in [0.25, 0.3) is 0 Å².